The first kappa shape index (κ1) is 12.4. The van der Waals surface area contributed by atoms with Gasteiger partial charge in [-0.15, -0.1) is 0 Å². The number of benzene rings is 1. The summed E-state index contributed by atoms with van der Waals surface area (Å²) in [6.45, 7) is 0. The van der Waals surface area contributed by atoms with Crippen LogP contribution in [0.5, 0.6) is 11.5 Å². The minimum absolute atomic E-state index is 0.175. The monoisotopic (exact) mass is 264 g/mol. The molecule has 2 nitrogen and oxygen atoms in total. The van der Waals surface area contributed by atoms with E-state index in [0.29, 0.717) is 11.3 Å². The van der Waals surface area contributed by atoms with Gasteiger partial charge in [0.1, 0.15) is 11.5 Å². The predicted molar refractivity (Wildman–Crippen MR) is 59.8 cm³/mol. The molecule has 0 bridgehead atoms. The third-order valence-electron chi connectivity index (χ3n) is 2.65. The van der Waals surface area contributed by atoms with Crippen molar-refractivity contribution in [2.24, 2.45) is 0 Å². The topological polar surface area (TPSA) is 18.5 Å². The van der Waals surface area contributed by atoms with Crippen LogP contribution in [0, 0.1) is 0 Å². The number of rotatable bonds is 1. The fourth-order valence-electron chi connectivity index (χ4n) is 1.75. The summed E-state index contributed by atoms with van der Waals surface area (Å²) in [5.41, 5.74) is 0.662. The Balaban J connectivity index is 2.34. The van der Waals surface area contributed by atoms with E-state index in [1.165, 1.54) is 13.2 Å². The van der Waals surface area contributed by atoms with Crippen molar-refractivity contribution in [2.45, 2.75) is 24.0 Å². The molecular formula is C11H11F3O2S. The maximum Gasteiger partial charge on any atom is 0.425 e. The van der Waals surface area contributed by atoms with Gasteiger partial charge in [-0.25, -0.2) is 0 Å². The molecule has 1 aromatic carbocycles. The zero-order valence-electron chi connectivity index (χ0n) is 8.99. The van der Waals surface area contributed by atoms with E-state index in [1.807, 2.05) is 0 Å². The van der Waals surface area contributed by atoms with Gasteiger partial charge in [-0.3, -0.25) is 0 Å². The molecular weight excluding hydrogens is 253 g/mol. The lowest BCUT2D eigenvalue weighted by Crippen LogP contribution is -2.37. The normalized spacial score (nSPS) is 23.8. The molecule has 0 radical (unpaired) electrons. The summed E-state index contributed by atoms with van der Waals surface area (Å²) in [6, 6.07) is 4.81. The zero-order valence-corrected chi connectivity index (χ0v) is 9.89. The Morgan fingerprint density at radius 2 is 2.12 bits per heavy atom. The number of hydrogen-bond donors (Lipinski definition) is 1. The molecule has 0 spiro atoms. The number of hydrogen-bond acceptors (Lipinski definition) is 3. The highest BCUT2D eigenvalue weighted by molar-refractivity contribution is 7.80. The van der Waals surface area contributed by atoms with Crippen LogP contribution >= 0.6 is 12.6 Å². The highest BCUT2D eigenvalue weighted by Crippen LogP contribution is 2.44. The van der Waals surface area contributed by atoms with Crippen LogP contribution in [0.3, 0.4) is 0 Å². The predicted octanol–water partition coefficient (Wildman–Crippen LogP) is 3.38. The number of thiol groups is 1. The Labute approximate surface area is 102 Å². The standard InChI is InChI=1S/C11H11F3O2S/c1-15-6-2-3-7-8(4-6)16-10(5-9(7)17)11(12,13)14/h2-4,9-10,17H,5H2,1H3/t9-,10-/m0/s1. The second-order valence-corrected chi connectivity index (χ2v) is 4.43. The van der Waals surface area contributed by atoms with Crippen LogP contribution in [0.2, 0.25) is 0 Å². The lowest BCUT2D eigenvalue weighted by atomic mass is 10.0. The van der Waals surface area contributed by atoms with Crippen LogP contribution in [0.4, 0.5) is 13.2 Å². The van der Waals surface area contributed by atoms with Crippen molar-refractivity contribution < 1.29 is 22.6 Å². The first-order valence-electron chi connectivity index (χ1n) is 5.01. The molecule has 0 aliphatic carbocycles. The molecule has 6 heteroatoms. The quantitative estimate of drug-likeness (QED) is 0.784. The molecule has 0 unspecified atom stereocenters. The van der Waals surface area contributed by atoms with Crippen LogP contribution in [-0.2, 0) is 0 Å². The second-order valence-electron chi connectivity index (χ2n) is 3.80. The van der Waals surface area contributed by atoms with Crippen molar-refractivity contribution in [3.63, 3.8) is 0 Å². The van der Waals surface area contributed by atoms with Crippen LogP contribution < -0.4 is 9.47 Å². The van der Waals surface area contributed by atoms with Gasteiger partial charge < -0.3 is 9.47 Å². The Kier molecular flexibility index (Phi) is 3.16. The molecule has 1 heterocycles. The highest BCUT2D eigenvalue weighted by atomic mass is 32.1. The van der Waals surface area contributed by atoms with Gasteiger partial charge in [0, 0.05) is 23.3 Å². The van der Waals surface area contributed by atoms with Gasteiger partial charge in [-0.1, -0.05) is 6.07 Å². The lowest BCUT2D eigenvalue weighted by molar-refractivity contribution is -0.199. The van der Waals surface area contributed by atoms with Crippen molar-refractivity contribution in [1.82, 2.24) is 0 Å². The third-order valence-corrected chi connectivity index (χ3v) is 3.14. The zero-order chi connectivity index (χ0) is 12.6. The van der Waals surface area contributed by atoms with Crippen molar-refractivity contribution in [3.8, 4) is 11.5 Å². The van der Waals surface area contributed by atoms with Crippen molar-refractivity contribution in [1.29, 1.82) is 0 Å². The summed E-state index contributed by atoms with van der Waals surface area (Å²) in [6.07, 6.45) is -6.35. The SMILES string of the molecule is COc1ccc2c(c1)O[C@H](C(F)(F)F)C[C@@H]2S. The van der Waals surface area contributed by atoms with Crippen LogP contribution in [0.15, 0.2) is 18.2 Å². The Bertz CT molecular complexity index is 420. The molecule has 94 valence electrons. The molecule has 0 N–H and O–H groups in total. The van der Waals surface area contributed by atoms with Gasteiger partial charge in [0.05, 0.1) is 7.11 Å². The largest absolute Gasteiger partial charge is 0.497 e. The van der Waals surface area contributed by atoms with Crippen LogP contribution in [-0.4, -0.2) is 19.4 Å². The van der Waals surface area contributed by atoms with E-state index in [9.17, 15) is 13.2 Å². The number of alkyl halides is 3. The molecule has 0 aromatic heterocycles. The smallest absolute Gasteiger partial charge is 0.425 e. The molecule has 2 rings (SSSR count). The van der Waals surface area contributed by atoms with Crippen LogP contribution in [0.1, 0.15) is 17.2 Å². The first-order valence-corrected chi connectivity index (χ1v) is 5.53. The summed E-state index contributed by atoms with van der Waals surface area (Å²) >= 11 is 4.17. The van der Waals surface area contributed by atoms with E-state index in [2.05, 4.69) is 12.6 Å². The van der Waals surface area contributed by atoms with Crippen molar-refractivity contribution in [2.75, 3.05) is 7.11 Å². The summed E-state index contributed by atoms with van der Waals surface area (Å²) in [4.78, 5) is 0. The number of fused-ring (bicyclic) bond motifs is 1. The van der Waals surface area contributed by atoms with Gasteiger partial charge in [0.2, 0.25) is 0 Å². The first-order chi connectivity index (χ1) is 7.91. The minimum atomic E-state index is -4.37. The highest BCUT2D eigenvalue weighted by Gasteiger charge is 2.45. The second kappa shape index (κ2) is 4.33. The van der Waals surface area contributed by atoms with Gasteiger partial charge in [0.25, 0.3) is 0 Å². The fraction of sp³-hybridized carbons (Fsp3) is 0.455. The van der Waals surface area contributed by atoms with Gasteiger partial charge in [0.15, 0.2) is 6.10 Å². The van der Waals surface area contributed by atoms with E-state index in [1.54, 1.807) is 12.1 Å². The number of halogens is 3. The van der Waals surface area contributed by atoms with Gasteiger partial charge in [-0.05, 0) is 6.07 Å². The van der Waals surface area contributed by atoms with E-state index >= 15 is 0 Å². The fourth-order valence-corrected chi connectivity index (χ4v) is 2.16. The summed E-state index contributed by atoms with van der Waals surface area (Å²) in [5.74, 6) is 0.657. The molecule has 0 saturated carbocycles. The summed E-state index contributed by atoms with van der Waals surface area (Å²) in [5, 5.41) is -0.476. The number of ether oxygens (including phenoxy) is 2. The van der Waals surface area contributed by atoms with Gasteiger partial charge >= 0.3 is 6.18 Å². The molecule has 1 aliphatic rings. The Morgan fingerprint density at radius 3 is 2.71 bits per heavy atom. The molecule has 0 fully saturated rings. The lowest BCUT2D eigenvalue weighted by Gasteiger charge is -2.31. The van der Waals surface area contributed by atoms with E-state index in [4.69, 9.17) is 9.47 Å². The average Bonchev–Trinajstić information content (AvgIpc) is 2.27. The maximum atomic E-state index is 12.6. The van der Waals surface area contributed by atoms with Crippen LogP contribution in [0.25, 0.3) is 0 Å². The molecule has 1 aromatic rings. The van der Waals surface area contributed by atoms with E-state index in [-0.39, 0.29) is 12.2 Å². The minimum Gasteiger partial charge on any atom is -0.497 e. The Morgan fingerprint density at radius 1 is 1.41 bits per heavy atom. The van der Waals surface area contributed by atoms with E-state index in [0.717, 1.165) is 0 Å². The number of methoxy groups -OCH3 is 1. The molecule has 1 aliphatic heterocycles. The molecule has 0 saturated heterocycles. The molecule has 2 atom stereocenters. The molecule has 0 amide bonds. The van der Waals surface area contributed by atoms with Crippen molar-refractivity contribution in [3.05, 3.63) is 23.8 Å². The van der Waals surface area contributed by atoms with E-state index < -0.39 is 17.5 Å². The molecule has 17 heavy (non-hydrogen) atoms. The summed E-state index contributed by atoms with van der Waals surface area (Å²) < 4.78 is 47.7. The van der Waals surface area contributed by atoms with Gasteiger partial charge in [-0.2, -0.15) is 25.8 Å². The average molecular weight is 264 g/mol. The third kappa shape index (κ3) is 2.46. The van der Waals surface area contributed by atoms with Crippen molar-refractivity contribution >= 4 is 12.6 Å². The Hall–Kier alpha value is -1.04. The maximum absolute atomic E-state index is 12.6. The summed E-state index contributed by atoms with van der Waals surface area (Å²) in [7, 11) is 1.45.